The monoisotopic (exact) mass is 340 g/mol. The third-order valence-electron chi connectivity index (χ3n) is 3.32. The van der Waals surface area contributed by atoms with E-state index < -0.39 is 24.5 Å². The molecule has 2 N–H and O–H groups in total. The number of carbonyl (C=O) groups excluding carboxylic acids is 3. The summed E-state index contributed by atoms with van der Waals surface area (Å²) in [6, 6.07) is 1.19. The van der Waals surface area contributed by atoms with Crippen molar-refractivity contribution in [3.63, 3.8) is 0 Å². The van der Waals surface area contributed by atoms with E-state index in [2.05, 4.69) is 17.6 Å². The minimum Gasteiger partial charge on any atom is -0.451 e. The van der Waals surface area contributed by atoms with Crippen LogP contribution in [0.3, 0.4) is 0 Å². The zero-order valence-electron chi connectivity index (χ0n) is 14.0. The first-order valence-electron chi connectivity index (χ1n) is 7.74. The molecule has 1 aromatic heterocycles. The number of ether oxygens (including phenoxy) is 1. The molecule has 1 heterocycles. The minimum absolute atomic E-state index is 0.0311. The summed E-state index contributed by atoms with van der Waals surface area (Å²) in [6.45, 7) is 7.30. The molecule has 0 aliphatic carbocycles. The van der Waals surface area contributed by atoms with Crippen LogP contribution >= 0.6 is 11.3 Å². The molecule has 1 rings (SSSR count). The summed E-state index contributed by atoms with van der Waals surface area (Å²) in [5, 5.41) is 4.72. The molecule has 0 spiro atoms. The molecule has 1 aromatic rings. The lowest BCUT2D eigenvalue weighted by Gasteiger charge is -2.11. The fourth-order valence-corrected chi connectivity index (χ4v) is 2.83. The third-order valence-corrected chi connectivity index (χ3v) is 4.39. The second kappa shape index (κ2) is 9.29. The van der Waals surface area contributed by atoms with E-state index >= 15 is 0 Å². The average Bonchev–Trinajstić information content (AvgIpc) is 2.86. The molecule has 0 aliphatic heterocycles. The fraction of sp³-hybridized carbons (Fsp3) is 0.562. The molecule has 23 heavy (non-hydrogen) atoms. The topological polar surface area (TPSA) is 84.5 Å². The lowest BCUT2D eigenvalue weighted by Crippen LogP contribution is -2.44. The van der Waals surface area contributed by atoms with Crippen LogP contribution < -0.4 is 10.6 Å². The Kier molecular flexibility index (Phi) is 7.74. The van der Waals surface area contributed by atoms with Crippen molar-refractivity contribution in [2.45, 2.75) is 53.0 Å². The molecule has 0 aliphatic rings. The predicted octanol–water partition coefficient (Wildman–Crippen LogP) is 2.79. The normalized spacial score (nSPS) is 11.7. The number of rotatable bonds is 7. The Balaban J connectivity index is 2.45. The Hall–Kier alpha value is -1.89. The van der Waals surface area contributed by atoms with E-state index in [1.165, 1.54) is 11.3 Å². The molecule has 128 valence electrons. The number of esters is 1. The molecule has 6 nitrogen and oxygen atoms in total. The number of thiophene rings is 1. The summed E-state index contributed by atoms with van der Waals surface area (Å²) in [7, 11) is 0. The smallest absolute Gasteiger partial charge is 0.348 e. The van der Waals surface area contributed by atoms with Crippen molar-refractivity contribution in [3.8, 4) is 0 Å². The van der Waals surface area contributed by atoms with Gasteiger partial charge in [0.15, 0.2) is 6.61 Å². The van der Waals surface area contributed by atoms with Gasteiger partial charge in [0.1, 0.15) is 4.88 Å². The molecular formula is C16H24N2O4S. The highest BCUT2D eigenvalue weighted by molar-refractivity contribution is 7.14. The average molecular weight is 340 g/mol. The summed E-state index contributed by atoms with van der Waals surface area (Å²) in [5.74, 6) is -1.20. The maximum atomic E-state index is 11.9. The zero-order chi connectivity index (χ0) is 17.4. The molecule has 0 saturated carbocycles. The molecule has 0 unspecified atom stereocenters. The van der Waals surface area contributed by atoms with Gasteiger partial charge in [0.05, 0.1) is 0 Å². The zero-order valence-corrected chi connectivity index (χ0v) is 14.8. The Morgan fingerprint density at radius 2 is 2.00 bits per heavy atom. The number of hydrogen-bond acceptors (Lipinski definition) is 5. The molecule has 1 atom stereocenters. The SMILES string of the molecule is CCCc1cc(C(=O)OCC(=O)NC(=O)N[C@H](C)CC)sc1C. The minimum atomic E-state index is -0.652. The Morgan fingerprint density at radius 1 is 1.30 bits per heavy atom. The fourth-order valence-electron chi connectivity index (χ4n) is 1.86. The highest BCUT2D eigenvalue weighted by Crippen LogP contribution is 2.23. The van der Waals surface area contributed by atoms with Gasteiger partial charge in [-0.2, -0.15) is 0 Å². The van der Waals surface area contributed by atoms with Gasteiger partial charge >= 0.3 is 12.0 Å². The van der Waals surface area contributed by atoms with Crippen LogP contribution in [-0.2, 0) is 16.0 Å². The number of aryl methyl sites for hydroxylation is 2. The van der Waals surface area contributed by atoms with Crippen molar-refractivity contribution in [1.82, 2.24) is 10.6 Å². The van der Waals surface area contributed by atoms with Crippen molar-refractivity contribution in [2.75, 3.05) is 6.61 Å². The van der Waals surface area contributed by atoms with E-state index in [0.29, 0.717) is 4.88 Å². The van der Waals surface area contributed by atoms with Gasteiger partial charge in [-0.3, -0.25) is 10.1 Å². The first-order valence-corrected chi connectivity index (χ1v) is 8.55. The Labute approximate surface area is 140 Å². The van der Waals surface area contributed by atoms with Crippen molar-refractivity contribution >= 4 is 29.2 Å². The van der Waals surface area contributed by atoms with Gasteiger partial charge in [0, 0.05) is 10.9 Å². The molecule has 0 radical (unpaired) electrons. The van der Waals surface area contributed by atoms with E-state index in [0.717, 1.165) is 29.7 Å². The molecular weight excluding hydrogens is 316 g/mol. The third kappa shape index (κ3) is 6.40. The molecule has 0 aromatic carbocycles. The standard InChI is InChI=1S/C16H24N2O4S/c1-5-7-12-8-13(23-11(12)4)15(20)22-9-14(19)18-16(21)17-10(3)6-2/h8,10H,5-7,9H2,1-4H3,(H2,17,18,19,21)/t10-/m1/s1. The van der Waals surface area contributed by atoms with Crippen LogP contribution in [0.2, 0.25) is 0 Å². The van der Waals surface area contributed by atoms with Crippen molar-refractivity contribution in [2.24, 2.45) is 0 Å². The van der Waals surface area contributed by atoms with Gasteiger partial charge in [-0.1, -0.05) is 20.3 Å². The van der Waals surface area contributed by atoms with Crippen LogP contribution in [0.25, 0.3) is 0 Å². The van der Waals surface area contributed by atoms with Crippen molar-refractivity contribution in [3.05, 3.63) is 21.4 Å². The van der Waals surface area contributed by atoms with Crippen molar-refractivity contribution in [1.29, 1.82) is 0 Å². The number of amides is 3. The highest BCUT2D eigenvalue weighted by atomic mass is 32.1. The molecule has 0 saturated heterocycles. The van der Waals surface area contributed by atoms with Crippen LogP contribution in [0.4, 0.5) is 4.79 Å². The van der Waals surface area contributed by atoms with E-state index in [-0.39, 0.29) is 6.04 Å². The van der Waals surface area contributed by atoms with Crippen LogP contribution in [0.15, 0.2) is 6.07 Å². The summed E-state index contributed by atoms with van der Waals surface area (Å²) in [4.78, 5) is 36.6. The lowest BCUT2D eigenvalue weighted by molar-refractivity contribution is -0.123. The number of hydrogen-bond donors (Lipinski definition) is 2. The van der Waals surface area contributed by atoms with Crippen LogP contribution in [0.5, 0.6) is 0 Å². The molecule has 0 bridgehead atoms. The van der Waals surface area contributed by atoms with E-state index in [4.69, 9.17) is 4.74 Å². The molecule has 0 fully saturated rings. The van der Waals surface area contributed by atoms with Gasteiger partial charge in [-0.05, 0) is 38.3 Å². The summed E-state index contributed by atoms with van der Waals surface area (Å²) >= 11 is 1.35. The van der Waals surface area contributed by atoms with Gasteiger partial charge in [0.2, 0.25) is 0 Å². The second-order valence-electron chi connectivity index (χ2n) is 5.35. The number of imide groups is 1. The summed E-state index contributed by atoms with van der Waals surface area (Å²) < 4.78 is 4.95. The first-order chi connectivity index (χ1) is 10.9. The van der Waals surface area contributed by atoms with Crippen molar-refractivity contribution < 1.29 is 19.1 Å². The van der Waals surface area contributed by atoms with Gasteiger partial charge in [-0.25, -0.2) is 9.59 Å². The number of carbonyl (C=O) groups is 3. The van der Waals surface area contributed by atoms with Crippen LogP contribution in [0.1, 0.15) is 53.7 Å². The van der Waals surface area contributed by atoms with E-state index in [1.54, 1.807) is 6.07 Å². The van der Waals surface area contributed by atoms with Gasteiger partial charge in [-0.15, -0.1) is 11.3 Å². The van der Waals surface area contributed by atoms with Crippen LogP contribution in [-0.4, -0.2) is 30.6 Å². The van der Waals surface area contributed by atoms with E-state index in [9.17, 15) is 14.4 Å². The van der Waals surface area contributed by atoms with Crippen LogP contribution in [0, 0.1) is 6.92 Å². The van der Waals surface area contributed by atoms with Gasteiger partial charge in [0.25, 0.3) is 5.91 Å². The summed E-state index contributed by atoms with van der Waals surface area (Å²) in [5.41, 5.74) is 1.13. The maximum absolute atomic E-state index is 11.9. The second-order valence-corrected chi connectivity index (χ2v) is 6.61. The summed E-state index contributed by atoms with van der Waals surface area (Å²) in [6.07, 6.45) is 2.67. The molecule has 3 amide bonds. The Morgan fingerprint density at radius 3 is 2.61 bits per heavy atom. The Bertz CT molecular complexity index is 568. The predicted molar refractivity (Wildman–Crippen MR) is 89.8 cm³/mol. The van der Waals surface area contributed by atoms with Gasteiger partial charge < -0.3 is 10.1 Å². The quantitative estimate of drug-likeness (QED) is 0.748. The molecule has 7 heteroatoms. The number of nitrogens with one attached hydrogen (secondary N) is 2. The lowest BCUT2D eigenvalue weighted by atomic mass is 10.1. The maximum Gasteiger partial charge on any atom is 0.348 e. The number of urea groups is 1. The highest BCUT2D eigenvalue weighted by Gasteiger charge is 2.16. The van der Waals surface area contributed by atoms with E-state index in [1.807, 2.05) is 20.8 Å². The largest absolute Gasteiger partial charge is 0.451 e. The first kappa shape index (κ1) is 19.2.